The van der Waals surface area contributed by atoms with E-state index < -0.39 is 9.84 Å². The van der Waals surface area contributed by atoms with Crippen molar-refractivity contribution < 1.29 is 8.42 Å². The highest BCUT2D eigenvalue weighted by Crippen LogP contribution is 2.29. The molecule has 2 aromatic carbocycles. The second kappa shape index (κ2) is 7.14. The first kappa shape index (κ1) is 17.7. The highest BCUT2D eigenvalue weighted by Gasteiger charge is 2.45. The van der Waals surface area contributed by atoms with Crippen molar-refractivity contribution in [3.63, 3.8) is 0 Å². The summed E-state index contributed by atoms with van der Waals surface area (Å²) >= 11 is 0. The zero-order valence-electron chi connectivity index (χ0n) is 15.2. The number of hydrogen-bond donors (Lipinski definition) is 0. The van der Waals surface area contributed by atoms with Crippen LogP contribution in [0.2, 0.25) is 0 Å². The lowest BCUT2D eigenvalue weighted by Crippen LogP contribution is -2.58. The average molecular weight is 371 g/mol. The maximum absolute atomic E-state index is 12.2. The van der Waals surface area contributed by atoms with Crippen molar-refractivity contribution in [2.24, 2.45) is 0 Å². The number of sulfone groups is 1. The lowest BCUT2D eigenvalue weighted by Gasteiger charge is -2.43. The van der Waals surface area contributed by atoms with Crippen LogP contribution in [-0.4, -0.2) is 61.4 Å². The van der Waals surface area contributed by atoms with Crippen LogP contribution in [0.4, 0.5) is 0 Å². The largest absolute Gasteiger partial charge is 0.297 e. The summed E-state index contributed by atoms with van der Waals surface area (Å²) in [5.41, 5.74) is 3.68. The minimum Gasteiger partial charge on any atom is -0.297 e. The van der Waals surface area contributed by atoms with Crippen LogP contribution in [0.5, 0.6) is 0 Å². The zero-order chi connectivity index (χ0) is 18.1. The van der Waals surface area contributed by atoms with E-state index in [1.54, 1.807) is 0 Å². The molecular formula is C21H26N2O2S. The van der Waals surface area contributed by atoms with E-state index in [1.807, 2.05) is 6.07 Å². The molecule has 0 N–H and O–H groups in total. The Balaban J connectivity index is 1.56. The molecule has 0 spiro atoms. The fraction of sp³-hybridized carbons (Fsp3) is 0.429. The van der Waals surface area contributed by atoms with Crippen molar-refractivity contribution in [3.8, 4) is 11.1 Å². The molecule has 2 atom stereocenters. The van der Waals surface area contributed by atoms with Crippen LogP contribution in [0.15, 0.2) is 54.6 Å². The quantitative estimate of drug-likeness (QED) is 0.830. The maximum atomic E-state index is 12.2. The summed E-state index contributed by atoms with van der Waals surface area (Å²) in [5.74, 6) is 0.610. The number of benzene rings is 2. The van der Waals surface area contributed by atoms with E-state index in [4.69, 9.17) is 0 Å². The second-order valence-electron chi connectivity index (χ2n) is 7.38. The fourth-order valence-electron chi connectivity index (χ4n) is 4.40. The summed E-state index contributed by atoms with van der Waals surface area (Å²) in [6.07, 6.45) is 0. The first-order chi connectivity index (χ1) is 12.6. The van der Waals surface area contributed by atoms with Gasteiger partial charge < -0.3 is 0 Å². The second-order valence-corrected chi connectivity index (χ2v) is 9.53. The Bertz CT molecular complexity index is 867. The molecule has 0 aromatic heterocycles. The summed E-state index contributed by atoms with van der Waals surface area (Å²) in [5, 5.41) is 0. The van der Waals surface area contributed by atoms with E-state index in [2.05, 4.69) is 65.3 Å². The van der Waals surface area contributed by atoms with Crippen LogP contribution in [0.25, 0.3) is 11.1 Å². The van der Waals surface area contributed by atoms with Gasteiger partial charge in [-0.15, -0.1) is 0 Å². The van der Waals surface area contributed by atoms with Crippen LogP contribution in [0.1, 0.15) is 12.5 Å². The summed E-state index contributed by atoms with van der Waals surface area (Å²) in [6.45, 7) is 5.75. The summed E-state index contributed by atoms with van der Waals surface area (Å²) in [4.78, 5) is 4.72. The van der Waals surface area contributed by atoms with E-state index in [-0.39, 0.29) is 12.1 Å². The van der Waals surface area contributed by atoms with E-state index >= 15 is 0 Å². The number of nitrogens with zero attached hydrogens (tertiary/aromatic N) is 2. The Morgan fingerprint density at radius 1 is 0.885 bits per heavy atom. The highest BCUT2D eigenvalue weighted by atomic mass is 32.2. The summed E-state index contributed by atoms with van der Waals surface area (Å²) in [6, 6.07) is 19.3. The van der Waals surface area contributed by atoms with Crippen molar-refractivity contribution in [1.82, 2.24) is 9.80 Å². The number of likely N-dealkylation sites (N-methyl/N-ethyl adjacent to an activating group) is 1. The fourth-order valence-corrected chi connectivity index (χ4v) is 6.44. The van der Waals surface area contributed by atoms with Gasteiger partial charge in [-0.25, -0.2) is 8.42 Å². The third-order valence-corrected chi connectivity index (χ3v) is 7.43. The molecule has 2 aromatic rings. The van der Waals surface area contributed by atoms with Crippen LogP contribution < -0.4 is 0 Å². The molecule has 0 amide bonds. The maximum Gasteiger partial charge on any atom is 0.153 e. The SMILES string of the molecule is CCN1CCN(Cc2cccc(-c3ccccc3)c2)[C@@H]2CS(=O)(=O)C[C@@H]21. The van der Waals surface area contributed by atoms with Crippen molar-refractivity contribution in [2.75, 3.05) is 31.1 Å². The lowest BCUT2D eigenvalue weighted by molar-refractivity contribution is 0.0439. The molecule has 4 nitrogen and oxygen atoms in total. The van der Waals surface area contributed by atoms with Crippen LogP contribution >= 0.6 is 0 Å². The predicted octanol–water partition coefficient (Wildman–Crippen LogP) is 2.66. The number of rotatable bonds is 4. The van der Waals surface area contributed by atoms with Gasteiger partial charge in [0.05, 0.1) is 11.5 Å². The van der Waals surface area contributed by atoms with Crippen molar-refractivity contribution in [3.05, 3.63) is 60.2 Å². The van der Waals surface area contributed by atoms with Crippen molar-refractivity contribution >= 4 is 9.84 Å². The summed E-state index contributed by atoms with van der Waals surface area (Å²) in [7, 11) is -2.93. The average Bonchev–Trinajstić information content (AvgIpc) is 2.98. The van der Waals surface area contributed by atoms with E-state index in [9.17, 15) is 8.42 Å². The normalized spacial score (nSPS) is 25.9. The van der Waals surface area contributed by atoms with Crippen LogP contribution in [0, 0.1) is 0 Å². The number of fused-ring (bicyclic) bond motifs is 1. The Kier molecular flexibility index (Phi) is 4.86. The number of hydrogen-bond acceptors (Lipinski definition) is 4. The third-order valence-electron chi connectivity index (χ3n) is 5.73. The smallest absolute Gasteiger partial charge is 0.153 e. The third kappa shape index (κ3) is 3.56. The molecule has 0 aliphatic carbocycles. The van der Waals surface area contributed by atoms with Crippen LogP contribution in [0.3, 0.4) is 0 Å². The van der Waals surface area contributed by atoms with Gasteiger partial charge in [0.25, 0.3) is 0 Å². The minimum atomic E-state index is -2.93. The molecule has 2 fully saturated rings. The van der Waals surface area contributed by atoms with Crippen molar-refractivity contribution in [2.45, 2.75) is 25.6 Å². The Hall–Kier alpha value is -1.69. The number of piperazine rings is 1. The van der Waals surface area contributed by atoms with Gasteiger partial charge in [-0.05, 0) is 29.3 Å². The van der Waals surface area contributed by atoms with E-state index in [1.165, 1.54) is 16.7 Å². The Morgan fingerprint density at radius 3 is 2.27 bits per heavy atom. The molecule has 2 saturated heterocycles. The Labute approximate surface area is 156 Å². The predicted molar refractivity (Wildman–Crippen MR) is 106 cm³/mol. The minimum absolute atomic E-state index is 0.120. The van der Waals surface area contributed by atoms with Gasteiger partial charge in [-0.3, -0.25) is 9.80 Å². The molecule has 26 heavy (non-hydrogen) atoms. The Morgan fingerprint density at radius 2 is 1.54 bits per heavy atom. The molecule has 138 valence electrons. The zero-order valence-corrected chi connectivity index (χ0v) is 16.0. The standard InChI is InChI=1S/C21H26N2O2S/c1-2-22-11-12-23(21-16-26(24,25)15-20(21)22)14-17-7-6-10-19(13-17)18-8-4-3-5-9-18/h3-10,13,20-21H,2,11-12,14-16H2,1H3/t20-,21+/m0/s1. The first-order valence-corrected chi connectivity index (χ1v) is 11.2. The van der Waals surface area contributed by atoms with Gasteiger partial charge in [0.1, 0.15) is 0 Å². The molecule has 2 heterocycles. The lowest BCUT2D eigenvalue weighted by atomic mass is 10.0. The molecule has 2 aliphatic rings. The molecular weight excluding hydrogens is 344 g/mol. The molecule has 0 saturated carbocycles. The molecule has 2 aliphatic heterocycles. The first-order valence-electron chi connectivity index (χ1n) is 9.38. The molecule has 0 radical (unpaired) electrons. The van der Waals surface area contributed by atoms with E-state index in [0.29, 0.717) is 11.5 Å². The topological polar surface area (TPSA) is 40.6 Å². The van der Waals surface area contributed by atoms with Gasteiger partial charge >= 0.3 is 0 Å². The van der Waals surface area contributed by atoms with Gasteiger partial charge in [0.2, 0.25) is 0 Å². The molecule has 0 unspecified atom stereocenters. The van der Waals surface area contributed by atoms with Gasteiger partial charge in [0.15, 0.2) is 9.84 Å². The monoisotopic (exact) mass is 370 g/mol. The van der Waals surface area contributed by atoms with Crippen molar-refractivity contribution in [1.29, 1.82) is 0 Å². The highest BCUT2D eigenvalue weighted by molar-refractivity contribution is 7.91. The van der Waals surface area contributed by atoms with E-state index in [0.717, 1.165) is 26.2 Å². The summed E-state index contributed by atoms with van der Waals surface area (Å²) < 4.78 is 24.5. The van der Waals surface area contributed by atoms with Gasteiger partial charge in [0, 0.05) is 31.7 Å². The molecule has 5 heteroatoms. The molecule has 4 rings (SSSR count). The van der Waals surface area contributed by atoms with Gasteiger partial charge in [-0.1, -0.05) is 55.5 Å². The molecule has 0 bridgehead atoms. The van der Waals surface area contributed by atoms with Gasteiger partial charge in [-0.2, -0.15) is 0 Å². The van der Waals surface area contributed by atoms with Crippen LogP contribution in [-0.2, 0) is 16.4 Å².